The van der Waals surface area contributed by atoms with Gasteiger partial charge in [0, 0.05) is 35.3 Å². The maximum absolute atomic E-state index is 13.1. The molecule has 1 amide bonds. The first-order chi connectivity index (χ1) is 13.3. The number of hydrogen-bond acceptors (Lipinski definition) is 6. The summed E-state index contributed by atoms with van der Waals surface area (Å²) in [5.41, 5.74) is -3.22. The Morgan fingerprint density at radius 1 is 1.34 bits per heavy atom. The van der Waals surface area contributed by atoms with Gasteiger partial charge in [-0.1, -0.05) is 0 Å². The zero-order chi connectivity index (χ0) is 21.7. The molecule has 1 aliphatic rings. The second-order valence-electron chi connectivity index (χ2n) is 7.61. The monoisotopic (exact) mass is 465 g/mol. The van der Waals surface area contributed by atoms with Crippen molar-refractivity contribution in [2.24, 2.45) is 0 Å². The first-order valence-electron chi connectivity index (χ1n) is 8.74. The average molecular weight is 466 g/mol. The van der Waals surface area contributed by atoms with E-state index in [9.17, 15) is 24.8 Å². The number of amides is 1. The summed E-state index contributed by atoms with van der Waals surface area (Å²) in [7, 11) is 0. The quantitative estimate of drug-likeness (QED) is 0.530. The van der Waals surface area contributed by atoms with Crippen LogP contribution in [0.25, 0.3) is 0 Å². The van der Waals surface area contributed by atoms with Crippen LogP contribution < -0.4 is 15.6 Å². The number of aromatic nitrogens is 1. The Labute approximate surface area is 174 Å². The van der Waals surface area contributed by atoms with Gasteiger partial charge in [-0.25, -0.2) is 0 Å². The van der Waals surface area contributed by atoms with Crippen LogP contribution in [0.2, 0.25) is 0 Å². The summed E-state index contributed by atoms with van der Waals surface area (Å²) in [5, 5.41) is 25.2. The highest BCUT2D eigenvalue weighted by molar-refractivity contribution is 9.10. The van der Waals surface area contributed by atoms with Crippen LogP contribution in [0, 0.1) is 10.1 Å². The normalized spacial score (nSPS) is 22.3. The molecular weight excluding hydrogens is 446 g/mol. The summed E-state index contributed by atoms with van der Waals surface area (Å²) in [4.78, 5) is 35.4. The summed E-state index contributed by atoms with van der Waals surface area (Å²) < 4.78 is 7.65. The molecule has 3 rings (SSSR count). The van der Waals surface area contributed by atoms with E-state index >= 15 is 0 Å². The summed E-state index contributed by atoms with van der Waals surface area (Å²) in [6.07, 6.45) is 1.47. The fourth-order valence-corrected chi connectivity index (χ4v) is 3.87. The lowest BCUT2D eigenvalue weighted by atomic mass is 9.75. The van der Waals surface area contributed by atoms with Gasteiger partial charge in [0.1, 0.15) is 22.6 Å². The van der Waals surface area contributed by atoms with Crippen molar-refractivity contribution in [2.45, 2.75) is 44.9 Å². The Morgan fingerprint density at radius 2 is 2.00 bits per heavy atom. The molecule has 0 spiro atoms. The third-order valence-corrected chi connectivity index (χ3v) is 5.65. The number of rotatable bonds is 3. The smallest absolute Gasteiger partial charge is 0.275 e. The molecule has 0 aliphatic carbocycles. The fourth-order valence-electron chi connectivity index (χ4n) is 3.43. The molecule has 0 bridgehead atoms. The van der Waals surface area contributed by atoms with Crippen molar-refractivity contribution in [2.75, 3.05) is 5.32 Å². The molecule has 2 aromatic rings. The van der Waals surface area contributed by atoms with Crippen LogP contribution in [0.3, 0.4) is 0 Å². The Morgan fingerprint density at radius 3 is 2.59 bits per heavy atom. The number of benzene rings is 1. The van der Waals surface area contributed by atoms with E-state index < -0.39 is 33.6 Å². The van der Waals surface area contributed by atoms with Crippen molar-refractivity contribution in [1.29, 1.82) is 0 Å². The molecule has 154 valence electrons. The fraction of sp³-hybridized carbons (Fsp3) is 0.368. The number of aliphatic hydroxyl groups is 1. The van der Waals surface area contributed by atoms with E-state index in [1.165, 1.54) is 48.9 Å². The number of carbonyl (C=O) groups excluding carboxylic acids is 1. The highest BCUT2D eigenvalue weighted by Crippen LogP contribution is 2.48. The molecule has 1 aromatic heterocycles. The maximum Gasteiger partial charge on any atom is 0.275 e. The molecule has 2 unspecified atom stereocenters. The largest absolute Gasteiger partial charge is 0.484 e. The van der Waals surface area contributed by atoms with E-state index in [0.29, 0.717) is 10.2 Å². The summed E-state index contributed by atoms with van der Waals surface area (Å²) in [6.45, 7) is 6.12. The summed E-state index contributed by atoms with van der Waals surface area (Å²) >= 11 is 3.32. The van der Waals surface area contributed by atoms with Crippen LogP contribution >= 0.6 is 15.9 Å². The van der Waals surface area contributed by atoms with Crippen molar-refractivity contribution >= 4 is 33.2 Å². The number of ether oxygens (including phenoxy) is 1. The van der Waals surface area contributed by atoms with Crippen molar-refractivity contribution in [3.8, 4) is 5.75 Å². The standard InChI is InChI=1S/C19H20BrN3O6/c1-10(24)21-14-7-11(20)9-22(17(14)25)16-13-8-12(23(27)28)5-6-15(13)29-18(2,3)19(16,4)26/h5-9,16,26H,1-4H3,(H,21,24). The Bertz CT molecular complexity index is 1080. The Kier molecular flexibility index (Phi) is 5.04. The topological polar surface area (TPSA) is 124 Å². The highest BCUT2D eigenvalue weighted by atomic mass is 79.9. The molecule has 1 aromatic carbocycles. The van der Waals surface area contributed by atoms with Crippen LogP contribution in [0.15, 0.2) is 39.7 Å². The lowest BCUT2D eigenvalue weighted by Crippen LogP contribution is -2.60. The summed E-state index contributed by atoms with van der Waals surface area (Å²) in [6, 6.07) is 4.48. The molecule has 2 heterocycles. The number of hydrogen-bond donors (Lipinski definition) is 2. The zero-order valence-electron chi connectivity index (χ0n) is 16.2. The molecule has 0 saturated carbocycles. The van der Waals surface area contributed by atoms with Gasteiger partial charge in [-0.2, -0.15) is 0 Å². The lowest BCUT2D eigenvalue weighted by Gasteiger charge is -2.49. The number of anilines is 1. The molecular formula is C19H20BrN3O6. The maximum atomic E-state index is 13.1. The third-order valence-electron chi connectivity index (χ3n) is 5.21. The average Bonchev–Trinajstić information content (AvgIpc) is 2.58. The van der Waals surface area contributed by atoms with E-state index in [1.807, 2.05) is 0 Å². The van der Waals surface area contributed by atoms with Crippen molar-refractivity contribution < 1.29 is 19.6 Å². The minimum Gasteiger partial charge on any atom is -0.484 e. The van der Waals surface area contributed by atoms with Crippen LogP contribution in [-0.2, 0) is 4.79 Å². The summed E-state index contributed by atoms with van der Waals surface area (Å²) in [5.74, 6) is -0.105. The number of nitro benzene ring substituents is 1. The first-order valence-corrected chi connectivity index (χ1v) is 9.53. The first kappa shape index (κ1) is 21.0. The molecule has 29 heavy (non-hydrogen) atoms. The number of nitrogens with one attached hydrogen (secondary N) is 1. The van der Waals surface area contributed by atoms with Gasteiger partial charge in [0.2, 0.25) is 5.91 Å². The van der Waals surface area contributed by atoms with Crippen LogP contribution in [0.5, 0.6) is 5.75 Å². The van der Waals surface area contributed by atoms with Crippen molar-refractivity contribution in [3.05, 3.63) is 61.0 Å². The predicted molar refractivity (Wildman–Crippen MR) is 109 cm³/mol. The van der Waals surface area contributed by atoms with Crippen molar-refractivity contribution in [1.82, 2.24) is 4.57 Å². The van der Waals surface area contributed by atoms with Gasteiger partial charge in [-0.15, -0.1) is 0 Å². The molecule has 0 fully saturated rings. The van der Waals surface area contributed by atoms with E-state index in [2.05, 4.69) is 21.2 Å². The van der Waals surface area contributed by atoms with Gasteiger partial charge in [-0.05, 0) is 48.8 Å². The second-order valence-corrected chi connectivity index (χ2v) is 8.52. The van der Waals surface area contributed by atoms with Gasteiger partial charge in [0.15, 0.2) is 0 Å². The molecule has 1 aliphatic heterocycles. The molecule has 0 radical (unpaired) electrons. The predicted octanol–water partition coefficient (Wildman–Crippen LogP) is 2.99. The number of non-ortho nitro benzene ring substituents is 1. The number of carbonyl (C=O) groups is 1. The minimum atomic E-state index is -1.63. The number of nitrogens with zero attached hydrogens (tertiary/aromatic N) is 2. The Hall–Kier alpha value is -2.72. The van der Waals surface area contributed by atoms with E-state index in [4.69, 9.17) is 4.74 Å². The van der Waals surface area contributed by atoms with Gasteiger partial charge in [0.25, 0.3) is 11.2 Å². The highest BCUT2D eigenvalue weighted by Gasteiger charge is 2.54. The molecule has 0 saturated heterocycles. The molecule has 2 N–H and O–H groups in total. The van der Waals surface area contributed by atoms with Gasteiger partial charge in [0.05, 0.1) is 11.0 Å². The number of nitro groups is 1. The number of fused-ring (bicyclic) bond motifs is 1. The minimum absolute atomic E-state index is 0.0129. The van der Waals surface area contributed by atoms with Gasteiger partial charge < -0.3 is 19.7 Å². The third kappa shape index (κ3) is 3.53. The number of halogens is 1. The van der Waals surface area contributed by atoms with Crippen molar-refractivity contribution in [3.63, 3.8) is 0 Å². The number of pyridine rings is 1. The molecule has 2 atom stereocenters. The Balaban J connectivity index is 2.34. The van der Waals surface area contributed by atoms with Crippen LogP contribution in [0.4, 0.5) is 11.4 Å². The van der Waals surface area contributed by atoms with Gasteiger partial charge in [-0.3, -0.25) is 19.7 Å². The van der Waals surface area contributed by atoms with E-state index in [0.717, 1.165) is 0 Å². The molecule has 10 heteroatoms. The molecule has 9 nitrogen and oxygen atoms in total. The second kappa shape index (κ2) is 6.96. The van der Waals surface area contributed by atoms with Crippen LogP contribution in [0.1, 0.15) is 39.3 Å². The van der Waals surface area contributed by atoms with Gasteiger partial charge >= 0.3 is 0 Å². The zero-order valence-corrected chi connectivity index (χ0v) is 17.8. The van der Waals surface area contributed by atoms with E-state index in [1.54, 1.807) is 13.8 Å². The van der Waals surface area contributed by atoms with Crippen LogP contribution in [-0.4, -0.2) is 31.7 Å². The van der Waals surface area contributed by atoms with E-state index in [-0.39, 0.29) is 16.9 Å². The SMILES string of the molecule is CC(=O)Nc1cc(Br)cn(C2c3cc([N+](=O)[O-])ccc3OC(C)(C)C2(C)O)c1=O. The lowest BCUT2D eigenvalue weighted by molar-refractivity contribution is -0.385.